The van der Waals surface area contributed by atoms with E-state index in [-0.39, 0.29) is 5.57 Å². The summed E-state index contributed by atoms with van der Waals surface area (Å²) in [5, 5.41) is 3.09. The molecule has 0 unspecified atom stereocenters. The molecule has 7 nitrogen and oxygen atoms in total. The summed E-state index contributed by atoms with van der Waals surface area (Å²) in [4.78, 5) is 43.9. The molecule has 0 spiro atoms. The van der Waals surface area contributed by atoms with Gasteiger partial charge in [0.25, 0.3) is 11.8 Å². The molecule has 0 aliphatic carbocycles. The molecule has 2 aromatic heterocycles. The third-order valence-electron chi connectivity index (χ3n) is 5.64. The van der Waals surface area contributed by atoms with E-state index in [1.807, 2.05) is 55.7 Å². The summed E-state index contributed by atoms with van der Waals surface area (Å²) >= 11 is 1.57. The molecule has 0 bridgehead atoms. The van der Waals surface area contributed by atoms with Crippen molar-refractivity contribution in [1.82, 2.24) is 14.9 Å². The number of urea groups is 1. The molecule has 8 heteroatoms. The number of carbonyl (C=O) groups excluding carboxylic acids is 3. The van der Waals surface area contributed by atoms with Gasteiger partial charge in [0, 0.05) is 11.4 Å². The highest BCUT2D eigenvalue weighted by atomic mass is 32.1. The normalized spacial score (nSPS) is 15.5. The standard InChI is InChI=1S/C25H20N4O3S/c1-14-8-10-18(11-9-14)29-23(31)19(22(30)27-24(29)32)13-17-12-15(2)28(16(17)3)25-26-20-6-4-5-7-21(20)33-25/h4-13H,1-3H3,(H,27,30,32)/b19-13-. The van der Waals surface area contributed by atoms with E-state index in [1.54, 1.807) is 35.6 Å². The molecule has 4 amide bonds. The van der Waals surface area contributed by atoms with E-state index in [0.29, 0.717) is 11.3 Å². The molecule has 3 heterocycles. The van der Waals surface area contributed by atoms with Gasteiger partial charge in [-0.25, -0.2) is 14.7 Å². The summed E-state index contributed by atoms with van der Waals surface area (Å²) in [5.74, 6) is -1.37. The van der Waals surface area contributed by atoms with Crippen molar-refractivity contribution < 1.29 is 14.4 Å². The minimum absolute atomic E-state index is 0.0975. The zero-order valence-corrected chi connectivity index (χ0v) is 19.1. The number of thiazole rings is 1. The Hall–Kier alpha value is -4.04. The van der Waals surface area contributed by atoms with E-state index in [0.717, 1.165) is 37.2 Å². The molecule has 0 radical (unpaired) electrons. The van der Waals surface area contributed by atoms with Crippen LogP contribution < -0.4 is 10.2 Å². The SMILES string of the molecule is Cc1ccc(N2C(=O)NC(=O)/C(=C/c3cc(C)n(-c4nc5ccccc5s4)c3C)C2=O)cc1. The monoisotopic (exact) mass is 456 g/mol. The first-order valence-electron chi connectivity index (χ1n) is 10.4. The summed E-state index contributed by atoms with van der Waals surface area (Å²) in [6.07, 6.45) is 1.54. The minimum Gasteiger partial charge on any atom is -0.294 e. The molecule has 1 aliphatic heterocycles. The van der Waals surface area contributed by atoms with Crippen molar-refractivity contribution in [3.63, 3.8) is 0 Å². The fraction of sp³-hybridized carbons (Fsp3) is 0.120. The van der Waals surface area contributed by atoms with Crippen LogP contribution in [-0.4, -0.2) is 27.4 Å². The van der Waals surface area contributed by atoms with Gasteiger partial charge in [0.15, 0.2) is 5.13 Å². The van der Waals surface area contributed by atoms with E-state index < -0.39 is 17.8 Å². The molecule has 4 aromatic rings. The van der Waals surface area contributed by atoms with Crippen LogP contribution in [0, 0.1) is 20.8 Å². The summed E-state index contributed by atoms with van der Waals surface area (Å²) in [6.45, 7) is 5.78. The number of barbiturate groups is 1. The molecular formula is C25H20N4O3S. The second kappa shape index (κ2) is 7.83. The van der Waals surface area contributed by atoms with Crippen LogP contribution in [0.15, 0.2) is 60.2 Å². The van der Waals surface area contributed by atoms with Crippen molar-refractivity contribution in [3.8, 4) is 5.13 Å². The highest BCUT2D eigenvalue weighted by Crippen LogP contribution is 2.30. The number of benzene rings is 2. The van der Waals surface area contributed by atoms with Crippen molar-refractivity contribution in [3.05, 3.63) is 82.7 Å². The molecular weight excluding hydrogens is 436 g/mol. The zero-order chi connectivity index (χ0) is 23.3. The summed E-state index contributed by atoms with van der Waals surface area (Å²) in [7, 11) is 0. The van der Waals surface area contributed by atoms with E-state index in [4.69, 9.17) is 4.98 Å². The minimum atomic E-state index is -0.758. The number of hydrogen-bond donors (Lipinski definition) is 1. The maximum absolute atomic E-state index is 13.2. The van der Waals surface area contributed by atoms with Crippen LogP contribution >= 0.6 is 11.3 Å². The van der Waals surface area contributed by atoms with Gasteiger partial charge >= 0.3 is 6.03 Å². The van der Waals surface area contributed by atoms with Crippen molar-refractivity contribution in [2.45, 2.75) is 20.8 Å². The van der Waals surface area contributed by atoms with Crippen molar-refractivity contribution in [2.75, 3.05) is 4.90 Å². The Balaban J connectivity index is 1.56. The molecule has 1 saturated heterocycles. The first kappa shape index (κ1) is 20.8. The maximum atomic E-state index is 13.2. The summed E-state index contributed by atoms with van der Waals surface area (Å²) < 4.78 is 3.08. The number of amides is 4. The number of anilines is 1. The molecule has 5 rings (SSSR count). The number of nitrogens with one attached hydrogen (secondary N) is 1. The lowest BCUT2D eigenvalue weighted by Crippen LogP contribution is -2.54. The Morgan fingerprint density at radius 1 is 0.970 bits per heavy atom. The quantitative estimate of drug-likeness (QED) is 0.358. The second-order valence-electron chi connectivity index (χ2n) is 7.92. The van der Waals surface area contributed by atoms with E-state index in [2.05, 4.69) is 5.32 Å². The number of para-hydroxylation sites is 1. The topological polar surface area (TPSA) is 84.3 Å². The Labute approximate surface area is 194 Å². The van der Waals surface area contributed by atoms with E-state index in [9.17, 15) is 14.4 Å². The number of fused-ring (bicyclic) bond motifs is 1. The van der Waals surface area contributed by atoms with Gasteiger partial charge in [0.2, 0.25) is 0 Å². The average molecular weight is 457 g/mol. The van der Waals surface area contributed by atoms with Gasteiger partial charge in [0.05, 0.1) is 15.9 Å². The van der Waals surface area contributed by atoms with Crippen LogP contribution in [0.25, 0.3) is 21.4 Å². The van der Waals surface area contributed by atoms with Crippen LogP contribution in [0.5, 0.6) is 0 Å². The fourth-order valence-corrected chi connectivity index (χ4v) is 5.00. The maximum Gasteiger partial charge on any atom is 0.335 e. The van der Waals surface area contributed by atoms with Gasteiger partial charge in [-0.15, -0.1) is 0 Å². The van der Waals surface area contributed by atoms with Crippen molar-refractivity contribution >= 4 is 51.2 Å². The third-order valence-corrected chi connectivity index (χ3v) is 6.66. The molecule has 1 aliphatic rings. The number of nitrogens with zero attached hydrogens (tertiary/aromatic N) is 3. The first-order chi connectivity index (χ1) is 15.8. The molecule has 1 N–H and O–H groups in total. The summed E-state index contributed by atoms with van der Waals surface area (Å²) in [5.41, 5.74) is 4.70. The smallest absolute Gasteiger partial charge is 0.294 e. The van der Waals surface area contributed by atoms with Gasteiger partial charge in [-0.2, -0.15) is 0 Å². The third kappa shape index (κ3) is 3.54. The Morgan fingerprint density at radius 3 is 2.42 bits per heavy atom. The predicted octanol–water partition coefficient (Wildman–Crippen LogP) is 4.68. The van der Waals surface area contributed by atoms with Crippen LogP contribution in [-0.2, 0) is 9.59 Å². The number of hydrogen-bond acceptors (Lipinski definition) is 5. The van der Waals surface area contributed by atoms with Gasteiger partial charge in [-0.1, -0.05) is 41.2 Å². The number of rotatable bonds is 3. The number of carbonyl (C=O) groups is 3. The lowest BCUT2D eigenvalue weighted by molar-refractivity contribution is -0.122. The molecule has 0 saturated carbocycles. The average Bonchev–Trinajstić information content (AvgIpc) is 3.32. The van der Waals surface area contributed by atoms with Crippen LogP contribution in [0.1, 0.15) is 22.5 Å². The number of aromatic nitrogens is 2. The molecule has 33 heavy (non-hydrogen) atoms. The van der Waals surface area contributed by atoms with Gasteiger partial charge < -0.3 is 0 Å². The Kier molecular flexibility index (Phi) is 4.94. The second-order valence-corrected chi connectivity index (χ2v) is 8.93. The highest BCUT2D eigenvalue weighted by molar-refractivity contribution is 7.20. The Morgan fingerprint density at radius 2 is 1.70 bits per heavy atom. The summed E-state index contributed by atoms with van der Waals surface area (Å²) in [6, 6.07) is 16.0. The number of aryl methyl sites for hydroxylation is 2. The van der Waals surface area contributed by atoms with Gasteiger partial charge in [-0.3, -0.25) is 19.5 Å². The zero-order valence-electron chi connectivity index (χ0n) is 18.2. The first-order valence-corrected chi connectivity index (χ1v) is 11.2. The van der Waals surface area contributed by atoms with Gasteiger partial charge in [0.1, 0.15) is 5.57 Å². The lowest BCUT2D eigenvalue weighted by Gasteiger charge is -2.26. The van der Waals surface area contributed by atoms with Crippen LogP contribution in [0.2, 0.25) is 0 Å². The van der Waals surface area contributed by atoms with E-state index >= 15 is 0 Å². The predicted molar refractivity (Wildman–Crippen MR) is 129 cm³/mol. The molecule has 0 atom stereocenters. The Bertz CT molecular complexity index is 1440. The fourth-order valence-electron chi connectivity index (χ4n) is 3.93. The van der Waals surface area contributed by atoms with Crippen molar-refractivity contribution in [2.24, 2.45) is 0 Å². The van der Waals surface area contributed by atoms with Crippen LogP contribution in [0.4, 0.5) is 10.5 Å². The molecule has 164 valence electrons. The molecule has 2 aromatic carbocycles. The highest BCUT2D eigenvalue weighted by Gasteiger charge is 2.37. The molecule has 1 fully saturated rings. The van der Waals surface area contributed by atoms with Crippen LogP contribution in [0.3, 0.4) is 0 Å². The lowest BCUT2D eigenvalue weighted by atomic mass is 10.1. The largest absolute Gasteiger partial charge is 0.335 e. The number of imide groups is 2. The van der Waals surface area contributed by atoms with Gasteiger partial charge in [-0.05, 0) is 62.7 Å². The van der Waals surface area contributed by atoms with Crippen molar-refractivity contribution in [1.29, 1.82) is 0 Å². The van der Waals surface area contributed by atoms with E-state index in [1.165, 1.54) is 6.08 Å².